The summed E-state index contributed by atoms with van der Waals surface area (Å²) in [6.07, 6.45) is 9.06. The third-order valence-corrected chi connectivity index (χ3v) is 4.85. The van der Waals surface area contributed by atoms with Gasteiger partial charge in [-0.3, -0.25) is 4.79 Å². The number of hydrogen-bond acceptors (Lipinski definition) is 3. The van der Waals surface area contributed by atoms with Gasteiger partial charge in [-0.2, -0.15) is 0 Å². The van der Waals surface area contributed by atoms with Gasteiger partial charge in [0.15, 0.2) is 0 Å². The lowest BCUT2D eigenvalue weighted by Crippen LogP contribution is -2.33. The van der Waals surface area contributed by atoms with Crippen LogP contribution in [0.1, 0.15) is 63.2 Å². The number of allylic oxidation sites excluding steroid dienone is 3. The summed E-state index contributed by atoms with van der Waals surface area (Å²) in [4.78, 5) is 24.0. The van der Waals surface area contributed by atoms with Crippen LogP contribution in [0.15, 0.2) is 53.6 Å². The summed E-state index contributed by atoms with van der Waals surface area (Å²) in [5, 5.41) is 0. The Bertz CT molecular complexity index is 653. The van der Waals surface area contributed by atoms with E-state index in [0.717, 1.165) is 32.0 Å². The monoisotopic (exact) mass is 340 g/mol. The molecule has 0 spiro atoms. The van der Waals surface area contributed by atoms with Gasteiger partial charge in [-0.05, 0) is 62.8 Å². The summed E-state index contributed by atoms with van der Waals surface area (Å²) in [6.45, 7) is 6.35. The van der Waals surface area contributed by atoms with Gasteiger partial charge in [0, 0.05) is 5.41 Å². The molecule has 0 amide bonds. The predicted molar refractivity (Wildman–Crippen MR) is 100 cm³/mol. The molecule has 0 radical (unpaired) electrons. The van der Waals surface area contributed by atoms with E-state index in [1.54, 1.807) is 12.1 Å². The Kier molecular flexibility index (Phi) is 6.74. The van der Waals surface area contributed by atoms with E-state index in [0.29, 0.717) is 17.6 Å². The Morgan fingerprint density at radius 3 is 2.60 bits per heavy atom. The smallest absolute Gasteiger partial charge is 0.338 e. The van der Waals surface area contributed by atoms with Crippen LogP contribution in [0.5, 0.6) is 0 Å². The Labute approximate surface area is 150 Å². The lowest BCUT2D eigenvalue weighted by Gasteiger charge is -2.32. The molecular formula is C22H28O3. The summed E-state index contributed by atoms with van der Waals surface area (Å²) >= 11 is 0. The van der Waals surface area contributed by atoms with E-state index in [1.807, 2.05) is 24.3 Å². The minimum atomic E-state index is -0.418. The SMILES string of the molecule is CC1=CCCC(C=O)=CC(OC(=O)c2ccccc2)C(C)(C)CCC1. The number of aldehydes is 1. The summed E-state index contributed by atoms with van der Waals surface area (Å²) in [5.74, 6) is -0.343. The molecule has 0 bridgehead atoms. The van der Waals surface area contributed by atoms with Gasteiger partial charge in [-0.1, -0.05) is 43.7 Å². The number of esters is 1. The normalized spacial score (nSPS) is 21.3. The van der Waals surface area contributed by atoms with Crippen LogP contribution in [0, 0.1) is 5.41 Å². The van der Waals surface area contributed by atoms with E-state index in [2.05, 4.69) is 26.8 Å². The first-order chi connectivity index (χ1) is 11.9. The first-order valence-corrected chi connectivity index (χ1v) is 9.00. The lowest BCUT2D eigenvalue weighted by atomic mass is 9.80. The maximum atomic E-state index is 12.5. The minimum Gasteiger partial charge on any atom is -0.454 e. The molecule has 0 saturated carbocycles. The summed E-state index contributed by atoms with van der Waals surface area (Å²) in [6, 6.07) is 9.00. The molecule has 0 aromatic heterocycles. The van der Waals surface area contributed by atoms with Crippen LogP contribution in [-0.2, 0) is 9.53 Å². The van der Waals surface area contributed by atoms with Gasteiger partial charge >= 0.3 is 5.97 Å². The van der Waals surface area contributed by atoms with Crippen molar-refractivity contribution in [1.82, 2.24) is 0 Å². The molecule has 0 heterocycles. The molecule has 3 heteroatoms. The van der Waals surface area contributed by atoms with Crippen molar-refractivity contribution in [3.05, 3.63) is 59.2 Å². The fraction of sp³-hybridized carbons (Fsp3) is 0.455. The largest absolute Gasteiger partial charge is 0.454 e. The summed E-state index contributed by atoms with van der Waals surface area (Å²) in [7, 11) is 0. The van der Waals surface area contributed by atoms with E-state index < -0.39 is 6.10 Å². The van der Waals surface area contributed by atoms with Crippen molar-refractivity contribution in [2.24, 2.45) is 5.41 Å². The van der Waals surface area contributed by atoms with Crippen LogP contribution < -0.4 is 0 Å². The highest BCUT2D eigenvalue weighted by Crippen LogP contribution is 2.33. The Balaban J connectivity index is 2.26. The van der Waals surface area contributed by atoms with Gasteiger partial charge in [0.25, 0.3) is 0 Å². The molecule has 0 saturated heterocycles. The molecule has 1 atom stereocenters. The molecule has 25 heavy (non-hydrogen) atoms. The standard InChI is InChI=1S/C22H28O3/c1-17-9-7-11-18(16-23)15-20(22(2,3)14-8-10-17)25-21(24)19-12-5-4-6-13-19/h4-6,9,12-13,15-16,20H,7-8,10-11,14H2,1-3H3. The second-order valence-corrected chi connectivity index (χ2v) is 7.48. The Morgan fingerprint density at radius 2 is 1.92 bits per heavy atom. The van der Waals surface area contributed by atoms with Crippen LogP contribution in [0.3, 0.4) is 0 Å². The fourth-order valence-corrected chi connectivity index (χ4v) is 3.11. The molecule has 1 aliphatic rings. The van der Waals surface area contributed by atoms with E-state index in [4.69, 9.17) is 4.74 Å². The highest BCUT2D eigenvalue weighted by Gasteiger charge is 2.31. The van der Waals surface area contributed by atoms with E-state index in [1.165, 1.54) is 5.57 Å². The van der Waals surface area contributed by atoms with Gasteiger partial charge in [-0.25, -0.2) is 4.79 Å². The van der Waals surface area contributed by atoms with E-state index in [9.17, 15) is 9.59 Å². The maximum absolute atomic E-state index is 12.5. The van der Waals surface area contributed by atoms with Gasteiger partial charge in [0.2, 0.25) is 0 Å². The van der Waals surface area contributed by atoms with Crippen LogP contribution in [0.25, 0.3) is 0 Å². The van der Waals surface area contributed by atoms with Gasteiger partial charge in [0.1, 0.15) is 12.4 Å². The molecule has 1 aliphatic carbocycles. The number of carbonyl (C=O) groups is 2. The lowest BCUT2D eigenvalue weighted by molar-refractivity contribution is -0.105. The number of benzene rings is 1. The molecular weight excluding hydrogens is 312 g/mol. The molecule has 1 aromatic rings. The summed E-state index contributed by atoms with van der Waals surface area (Å²) < 4.78 is 5.83. The molecule has 0 N–H and O–H groups in total. The quantitative estimate of drug-likeness (QED) is 0.427. The van der Waals surface area contributed by atoms with Crippen molar-refractivity contribution in [2.75, 3.05) is 0 Å². The van der Waals surface area contributed by atoms with E-state index >= 15 is 0 Å². The number of hydrogen-bond donors (Lipinski definition) is 0. The highest BCUT2D eigenvalue weighted by atomic mass is 16.5. The number of carbonyl (C=O) groups excluding carboxylic acids is 2. The van der Waals surface area contributed by atoms with Gasteiger partial charge in [-0.15, -0.1) is 0 Å². The second-order valence-electron chi connectivity index (χ2n) is 7.48. The predicted octanol–water partition coefficient (Wildman–Crippen LogP) is 5.27. The fourth-order valence-electron chi connectivity index (χ4n) is 3.11. The highest BCUT2D eigenvalue weighted by molar-refractivity contribution is 5.89. The van der Waals surface area contributed by atoms with Crippen molar-refractivity contribution < 1.29 is 14.3 Å². The van der Waals surface area contributed by atoms with Crippen molar-refractivity contribution in [2.45, 2.75) is 59.0 Å². The zero-order valence-corrected chi connectivity index (χ0v) is 15.5. The van der Waals surface area contributed by atoms with E-state index in [-0.39, 0.29) is 11.4 Å². The molecule has 0 aliphatic heterocycles. The number of rotatable bonds is 3. The second kappa shape index (κ2) is 8.80. The Hall–Kier alpha value is -2.16. The molecule has 1 unspecified atom stereocenters. The third kappa shape index (κ3) is 5.70. The third-order valence-electron chi connectivity index (χ3n) is 4.85. The zero-order chi connectivity index (χ0) is 18.3. The van der Waals surface area contributed by atoms with Gasteiger partial charge in [0.05, 0.1) is 5.56 Å². The zero-order valence-electron chi connectivity index (χ0n) is 15.5. The first-order valence-electron chi connectivity index (χ1n) is 9.00. The molecule has 0 fully saturated rings. The van der Waals surface area contributed by atoms with Crippen LogP contribution in [0.4, 0.5) is 0 Å². The van der Waals surface area contributed by atoms with Crippen molar-refractivity contribution in [3.8, 4) is 0 Å². The molecule has 134 valence electrons. The topological polar surface area (TPSA) is 43.4 Å². The molecule has 1 aromatic carbocycles. The van der Waals surface area contributed by atoms with Gasteiger partial charge < -0.3 is 4.74 Å². The van der Waals surface area contributed by atoms with Crippen molar-refractivity contribution >= 4 is 12.3 Å². The maximum Gasteiger partial charge on any atom is 0.338 e. The summed E-state index contributed by atoms with van der Waals surface area (Å²) in [5.41, 5.74) is 2.36. The molecule has 3 nitrogen and oxygen atoms in total. The van der Waals surface area contributed by atoms with Crippen molar-refractivity contribution in [1.29, 1.82) is 0 Å². The first kappa shape index (κ1) is 19.2. The number of ether oxygens (including phenoxy) is 1. The van der Waals surface area contributed by atoms with Crippen LogP contribution >= 0.6 is 0 Å². The molecule has 2 rings (SSSR count). The van der Waals surface area contributed by atoms with Crippen molar-refractivity contribution in [3.63, 3.8) is 0 Å². The minimum absolute atomic E-state index is 0.233. The van der Waals surface area contributed by atoms with Crippen LogP contribution in [-0.4, -0.2) is 18.4 Å². The average molecular weight is 340 g/mol. The Morgan fingerprint density at radius 1 is 1.20 bits per heavy atom. The van der Waals surface area contributed by atoms with Crippen LogP contribution in [0.2, 0.25) is 0 Å². The average Bonchev–Trinajstić information content (AvgIpc) is 2.61.